The molecule has 82 valence electrons. The van der Waals surface area contributed by atoms with Crippen molar-refractivity contribution in [2.24, 2.45) is 5.92 Å². The molecule has 1 saturated heterocycles. The van der Waals surface area contributed by atoms with Crippen molar-refractivity contribution in [3.05, 3.63) is 0 Å². The highest BCUT2D eigenvalue weighted by Gasteiger charge is 2.21. The summed E-state index contributed by atoms with van der Waals surface area (Å²) in [5, 5.41) is 3.32. The van der Waals surface area contributed by atoms with Crippen LogP contribution in [0.25, 0.3) is 0 Å². The Labute approximate surface area is 86.9 Å². The molecule has 0 spiro atoms. The molecule has 1 rings (SSSR count). The summed E-state index contributed by atoms with van der Waals surface area (Å²) in [6.45, 7) is 9.18. The Kier molecular flexibility index (Phi) is 4.39. The van der Waals surface area contributed by atoms with Gasteiger partial charge in [0, 0.05) is 25.6 Å². The highest BCUT2D eigenvalue weighted by molar-refractivity contribution is 5.76. The summed E-state index contributed by atoms with van der Waals surface area (Å²) in [6.07, 6.45) is 1.76. The van der Waals surface area contributed by atoms with E-state index >= 15 is 0 Å². The first-order valence-electron chi connectivity index (χ1n) is 5.61. The molecule has 14 heavy (non-hydrogen) atoms. The van der Waals surface area contributed by atoms with Crippen LogP contribution in [-0.4, -0.2) is 36.5 Å². The van der Waals surface area contributed by atoms with Gasteiger partial charge < -0.3 is 10.2 Å². The second kappa shape index (κ2) is 5.35. The van der Waals surface area contributed by atoms with Crippen LogP contribution in [0.15, 0.2) is 0 Å². The Balaban J connectivity index is 2.50. The van der Waals surface area contributed by atoms with E-state index in [-0.39, 0.29) is 0 Å². The van der Waals surface area contributed by atoms with Crippen LogP contribution in [0.1, 0.15) is 33.6 Å². The third-order valence-corrected chi connectivity index (χ3v) is 2.70. The Morgan fingerprint density at radius 3 is 2.86 bits per heavy atom. The van der Waals surface area contributed by atoms with Gasteiger partial charge in [-0.05, 0) is 25.8 Å². The van der Waals surface area contributed by atoms with E-state index in [0.717, 1.165) is 26.1 Å². The summed E-state index contributed by atoms with van der Waals surface area (Å²) in [5.41, 5.74) is 0. The first-order valence-corrected chi connectivity index (χ1v) is 5.61. The normalized spacial score (nSPS) is 23.7. The molecule has 3 nitrogen and oxygen atoms in total. The molecule has 0 aromatic heterocycles. The number of nitrogens with zero attached hydrogens (tertiary/aromatic N) is 1. The third-order valence-electron chi connectivity index (χ3n) is 2.70. The van der Waals surface area contributed by atoms with Crippen LogP contribution in [0.2, 0.25) is 0 Å². The number of hydrogen-bond donors (Lipinski definition) is 1. The SMILES string of the molecule is CC(C)CC(=O)N1CCNCCC1C. The standard InChI is InChI=1S/C11H22N2O/c1-9(2)8-11(14)13-7-6-12-5-4-10(13)3/h9-10,12H,4-8H2,1-3H3. The summed E-state index contributed by atoms with van der Waals surface area (Å²) in [7, 11) is 0. The van der Waals surface area contributed by atoms with Gasteiger partial charge in [-0.2, -0.15) is 0 Å². The molecular weight excluding hydrogens is 176 g/mol. The first kappa shape index (κ1) is 11.5. The van der Waals surface area contributed by atoms with Gasteiger partial charge in [-0.1, -0.05) is 13.8 Å². The molecule has 1 N–H and O–H groups in total. The van der Waals surface area contributed by atoms with Crippen molar-refractivity contribution < 1.29 is 4.79 Å². The summed E-state index contributed by atoms with van der Waals surface area (Å²) in [4.78, 5) is 13.9. The van der Waals surface area contributed by atoms with Crippen LogP contribution in [0, 0.1) is 5.92 Å². The van der Waals surface area contributed by atoms with Crippen molar-refractivity contribution in [2.45, 2.75) is 39.7 Å². The van der Waals surface area contributed by atoms with Crippen molar-refractivity contribution in [3.63, 3.8) is 0 Å². The van der Waals surface area contributed by atoms with E-state index in [4.69, 9.17) is 0 Å². The minimum atomic E-state index is 0.316. The van der Waals surface area contributed by atoms with E-state index in [9.17, 15) is 4.79 Å². The molecule has 0 aromatic carbocycles. The van der Waals surface area contributed by atoms with Gasteiger partial charge in [0.05, 0.1) is 0 Å². The van der Waals surface area contributed by atoms with Crippen LogP contribution in [0.4, 0.5) is 0 Å². The van der Waals surface area contributed by atoms with Crippen molar-refractivity contribution in [1.29, 1.82) is 0 Å². The number of amides is 1. The fraction of sp³-hybridized carbons (Fsp3) is 0.909. The Hall–Kier alpha value is -0.570. The lowest BCUT2D eigenvalue weighted by molar-refractivity contribution is -0.133. The molecule has 0 radical (unpaired) electrons. The van der Waals surface area contributed by atoms with Gasteiger partial charge in [0.1, 0.15) is 0 Å². The number of nitrogens with one attached hydrogen (secondary N) is 1. The van der Waals surface area contributed by atoms with Crippen molar-refractivity contribution in [1.82, 2.24) is 10.2 Å². The summed E-state index contributed by atoms with van der Waals surface area (Å²) in [6, 6.07) is 0.399. The topological polar surface area (TPSA) is 32.3 Å². The van der Waals surface area contributed by atoms with Gasteiger partial charge in [0.25, 0.3) is 0 Å². The number of carbonyl (C=O) groups is 1. The minimum absolute atomic E-state index is 0.316. The van der Waals surface area contributed by atoms with Crippen LogP contribution in [0.5, 0.6) is 0 Å². The fourth-order valence-electron chi connectivity index (χ4n) is 1.85. The largest absolute Gasteiger partial charge is 0.339 e. The van der Waals surface area contributed by atoms with Crippen molar-refractivity contribution >= 4 is 5.91 Å². The van der Waals surface area contributed by atoms with Gasteiger partial charge in [0.15, 0.2) is 0 Å². The Morgan fingerprint density at radius 1 is 1.50 bits per heavy atom. The first-order chi connectivity index (χ1) is 6.61. The fourth-order valence-corrected chi connectivity index (χ4v) is 1.85. The average molecular weight is 198 g/mol. The molecule has 0 bridgehead atoms. The van der Waals surface area contributed by atoms with Crippen molar-refractivity contribution in [2.75, 3.05) is 19.6 Å². The maximum atomic E-state index is 11.9. The van der Waals surface area contributed by atoms with Gasteiger partial charge in [0.2, 0.25) is 5.91 Å². The average Bonchev–Trinajstić information content (AvgIpc) is 2.28. The second-order valence-corrected chi connectivity index (χ2v) is 4.57. The van der Waals surface area contributed by atoms with Crippen LogP contribution in [0.3, 0.4) is 0 Å². The molecule has 1 atom stereocenters. The minimum Gasteiger partial charge on any atom is -0.339 e. The van der Waals surface area contributed by atoms with Crippen LogP contribution < -0.4 is 5.32 Å². The maximum absolute atomic E-state index is 11.9. The monoisotopic (exact) mass is 198 g/mol. The third kappa shape index (κ3) is 3.29. The van der Waals surface area contributed by atoms with E-state index in [2.05, 4.69) is 26.1 Å². The zero-order valence-corrected chi connectivity index (χ0v) is 9.55. The molecule has 1 unspecified atom stereocenters. The van der Waals surface area contributed by atoms with E-state index in [1.807, 2.05) is 4.90 Å². The van der Waals surface area contributed by atoms with E-state index in [1.54, 1.807) is 0 Å². The number of carbonyl (C=O) groups excluding carboxylic acids is 1. The van der Waals surface area contributed by atoms with E-state index < -0.39 is 0 Å². The summed E-state index contributed by atoms with van der Waals surface area (Å²) in [5.74, 6) is 0.780. The van der Waals surface area contributed by atoms with Crippen LogP contribution >= 0.6 is 0 Å². The lowest BCUT2D eigenvalue weighted by atomic mass is 10.1. The predicted octanol–water partition coefficient (Wildman–Crippen LogP) is 1.24. The summed E-state index contributed by atoms with van der Waals surface area (Å²) >= 11 is 0. The lowest BCUT2D eigenvalue weighted by Crippen LogP contribution is -2.40. The molecule has 0 aliphatic carbocycles. The molecule has 0 aromatic rings. The van der Waals surface area contributed by atoms with E-state index in [0.29, 0.717) is 24.3 Å². The molecule has 3 heteroatoms. The smallest absolute Gasteiger partial charge is 0.223 e. The zero-order valence-electron chi connectivity index (χ0n) is 9.55. The van der Waals surface area contributed by atoms with Crippen LogP contribution in [-0.2, 0) is 4.79 Å². The number of hydrogen-bond acceptors (Lipinski definition) is 2. The zero-order chi connectivity index (χ0) is 10.6. The molecule has 1 fully saturated rings. The Bertz CT molecular complexity index is 192. The van der Waals surface area contributed by atoms with Gasteiger partial charge in [-0.3, -0.25) is 4.79 Å². The quantitative estimate of drug-likeness (QED) is 0.724. The second-order valence-electron chi connectivity index (χ2n) is 4.57. The number of rotatable bonds is 2. The van der Waals surface area contributed by atoms with Crippen molar-refractivity contribution in [3.8, 4) is 0 Å². The summed E-state index contributed by atoms with van der Waals surface area (Å²) < 4.78 is 0. The highest BCUT2D eigenvalue weighted by atomic mass is 16.2. The predicted molar refractivity (Wildman–Crippen MR) is 58.1 cm³/mol. The molecule has 1 amide bonds. The highest BCUT2D eigenvalue weighted by Crippen LogP contribution is 2.11. The molecule has 1 heterocycles. The molecular formula is C11H22N2O. The molecule has 1 aliphatic heterocycles. The molecule has 0 saturated carbocycles. The molecule has 1 aliphatic rings. The van der Waals surface area contributed by atoms with E-state index in [1.165, 1.54) is 0 Å². The van der Waals surface area contributed by atoms with Gasteiger partial charge >= 0.3 is 0 Å². The van der Waals surface area contributed by atoms with Gasteiger partial charge in [-0.25, -0.2) is 0 Å². The lowest BCUT2D eigenvalue weighted by Gasteiger charge is -2.27. The maximum Gasteiger partial charge on any atom is 0.223 e. The Morgan fingerprint density at radius 2 is 2.21 bits per heavy atom. The van der Waals surface area contributed by atoms with Gasteiger partial charge in [-0.15, -0.1) is 0 Å².